The van der Waals surface area contributed by atoms with Crippen molar-refractivity contribution in [2.75, 3.05) is 19.8 Å². The first-order chi connectivity index (χ1) is 8.29. The monoisotopic (exact) mass is 236 g/mol. The summed E-state index contributed by atoms with van der Waals surface area (Å²) in [5, 5.41) is 9.82. The standard InChI is InChI=1S/C14H20O3/c1-2-3-14(15)12-4-6-13(7-5-12)17-10-11-8-16-9-11/h4-7,11,14-15H,2-3,8-10H2,1H3. The second-order valence-corrected chi connectivity index (χ2v) is 4.59. The molecule has 0 aliphatic carbocycles. The molecular formula is C14H20O3. The molecule has 17 heavy (non-hydrogen) atoms. The Morgan fingerprint density at radius 2 is 2.06 bits per heavy atom. The zero-order chi connectivity index (χ0) is 12.1. The molecule has 3 nitrogen and oxygen atoms in total. The van der Waals surface area contributed by atoms with E-state index in [1.54, 1.807) is 0 Å². The van der Waals surface area contributed by atoms with Crippen LogP contribution in [0.2, 0.25) is 0 Å². The molecule has 0 spiro atoms. The van der Waals surface area contributed by atoms with Crippen LogP contribution in [0.15, 0.2) is 24.3 Å². The minimum absolute atomic E-state index is 0.353. The lowest BCUT2D eigenvalue weighted by Crippen LogP contribution is -2.32. The van der Waals surface area contributed by atoms with Crippen molar-refractivity contribution in [3.05, 3.63) is 29.8 Å². The van der Waals surface area contributed by atoms with E-state index in [-0.39, 0.29) is 6.10 Å². The van der Waals surface area contributed by atoms with Crippen LogP contribution in [0.1, 0.15) is 31.4 Å². The van der Waals surface area contributed by atoms with Crippen molar-refractivity contribution in [1.29, 1.82) is 0 Å². The minimum Gasteiger partial charge on any atom is -0.493 e. The molecule has 0 amide bonds. The Labute approximate surface area is 102 Å². The van der Waals surface area contributed by atoms with E-state index in [4.69, 9.17) is 9.47 Å². The van der Waals surface area contributed by atoms with E-state index in [0.29, 0.717) is 5.92 Å². The maximum atomic E-state index is 9.82. The van der Waals surface area contributed by atoms with Gasteiger partial charge in [-0.3, -0.25) is 0 Å². The predicted octanol–water partition coefficient (Wildman–Crippen LogP) is 2.55. The predicted molar refractivity (Wildman–Crippen MR) is 66.1 cm³/mol. The summed E-state index contributed by atoms with van der Waals surface area (Å²) < 4.78 is 10.7. The molecule has 1 aliphatic heterocycles. The average molecular weight is 236 g/mol. The van der Waals surface area contributed by atoms with Crippen molar-refractivity contribution in [3.8, 4) is 5.75 Å². The van der Waals surface area contributed by atoms with Gasteiger partial charge in [-0.05, 0) is 24.1 Å². The number of hydrogen-bond acceptors (Lipinski definition) is 3. The van der Waals surface area contributed by atoms with Crippen LogP contribution in [-0.4, -0.2) is 24.9 Å². The lowest BCUT2D eigenvalue weighted by atomic mass is 10.1. The summed E-state index contributed by atoms with van der Waals surface area (Å²) in [7, 11) is 0. The van der Waals surface area contributed by atoms with Crippen LogP contribution >= 0.6 is 0 Å². The maximum absolute atomic E-state index is 9.82. The summed E-state index contributed by atoms with van der Waals surface area (Å²) in [6.07, 6.45) is 1.44. The van der Waals surface area contributed by atoms with Gasteiger partial charge in [0, 0.05) is 5.92 Å². The highest BCUT2D eigenvalue weighted by Crippen LogP contribution is 2.22. The molecule has 1 unspecified atom stereocenters. The second-order valence-electron chi connectivity index (χ2n) is 4.59. The molecular weight excluding hydrogens is 216 g/mol. The molecule has 1 aliphatic rings. The third-order valence-electron chi connectivity index (χ3n) is 3.02. The minimum atomic E-state index is -0.353. The van der Waals surface area contributed by atoms with Crippen LogP contribution in [-0.2, 0) is 4.74 Å². The molecule has 1 aromatic carbocycles. The molecule has 0 aromatic heterocycles. The van der Waals surface area contributed by atoms with Gasteiger partial charge in [0.1, 0.15) is 5.75 Å². The van der Waals surface area contributed by atoms with Gasteiger partial charge in [-0.2, -0.15) is 0 Å². The van der Waals surface area contributed by atoms with Crippen molar-refractivity contribution in [2.45, 2.75) is 25.9 Å². The van der Waals surface area contributed by atoms with Crippen LogP contribution in [0.4, 0.5) is 0 Å². The number of rotatable bonds is 6. The van der Waals surface area contributed by atoms with E-state index >= 15 is 0 Å². The highest BCUT2D eigenvalue weighted by molar-refractivity contribution is 5.28. The molecule has 1 aromatic rings. The van der Waals surface area contributed by atoms with Crippen LogP contribution in [0.25, 0.3) is 0 Å². The van der Waals surface area contributed by atoms with Gasteiger partial charge in [0.2, 0.25) is 0 Å². The third-order valence-corrected chi connectivity index (χ3v) is 3.02. The first-order valence-electron chi connectivity index (χ1n) is 6.28. The van der Waals surface area contributed by atoms with E-state index in [1.807, 2.05) is 24.3 Å². The van der Waals surface area contributed by atoms with Crippen molar-refractivity contribution in [3.63, 3.8) is 0 Å². The Balaban J connectivity index is 1.83. The lowest BCUT2D eigenvalue weighted by Gasteiger charge is -2.25. The zero-order valence-corrected chi connectivity index (χ0v) is 10.3. The first-order valence-corrected chi connectivity index (χ1v) is 6.28. The van der Waals surface area contributed by atoms with Gasteiger partial charge in [0.15, 0.2) is 0 Å². The molecule has 0 bridgehead atoms. The highest BCUT2D eigenvalue weighted by atomic mass is 16.5. The summed E-state index contributed by atoms with van der Waals surface area (Å²) in [4.78, 5) is 0. The smallest absolute Gasteiger partial charge is 0.119 e. The van der Waals surface area contributed by atoms with Crippen molar-refractivity contribution in [1.82, 2.24) is 0 Å². The Hall–Kier alpha value is -1.06. The highest BCUT2D eigenvalue weighted by Gasteiger charge is 2.18. The number of hydrogen-bond donors (Lipinski definition) is 1. The van der Waals surface area contributed by atoms with Crippen LogP contribution < -0.4 is 4.74 Å². The van der Waals surface area contributed by atoms with Gasteiger partial charge in [0.25, 0.3) is 0 Å². The molecule has 1 atom stereocenters. The first kappa shape index (κ1) is 12.4. The van der Waals surface area contributed by atoms with E-state index < -0.39 is 0 Å². The van der Waals surface area contributed by atoms with Crippen LogP contribution in [0.5, 0.6) is 5.75 Å². The van der Waals surface area contributed by atoms with Crippen LogP contribution in [0, 0.1) is 5.92 Å². The Kier molecular flexibility index (Phi) is 4.40. The number of aliphatic hydroxyl groups is 1. The lowest BCUT2D eigenvalue weighted by molar-refractivity contribution is -0.0508. The third kappa shape index (κ3) is 3.45. The molecule has 1 heterocycles. The van der Waals surface area contributed by atoms with Gasteiger partial charge >= 0.3 is 0 Å². The average Bonchev–Trinajstić information content (AvgIpc) is 2.28. The molecule has 1 N–H and O–H groups in total. The van der Waals surface area contributed by atoms with Gasteiger partial charge in [-0.15, -0.1) is 0 Å². The fourth-order valence-electron chi connectivity index (χ4n) is 1.82. The maximum Gasteiger partial charge on any atom is 0.119 e. The summed E-state index contributed by atoms with van der Waals surface area (Å²) in [6.45, 7) is 4.42. The molecule has 2 rings (SSSR count). The summed E-state index contributed by atoms with van der Waals surface area (Å²) in [5.41, 5.74) is 0.964. The van der Waals surface area contributed by atoms with E-state index in [0.717, 1.165) is 44.0 Å². The van der Waals surface area contributed by atoms with Gasteiger partial charge in [-0.1, -0.05) is 25.5 Å². The Morgan fingerprint density at radius 3 is 2.59 bits per heavy atom. The molecule has 94 valence electrons. The number of benzene rings is 1. The van der Waals surface area contributed by atoms with Gasteiger partial charge in [0.05, 0.1) is 25.9 Å². The topological polar surface area (TPSA) is 38.7 Å². The fourth-order valence-corrected chi connectivity index (χ4v) is 1.82. The largest absolute Gasteiger partial charge is 0.493 e. The van der Waals surface area contributed by atoms with Crippen LogP contribution in [0.3, 0.4) is 0 Å². The summed E-state index contributed by atoms with van der Waals surface area (Å²) in [6, 6.07) is 7.72. The summed E-state index contributed by atoms with van der Waals surface area (Å²) >= 11 is 0. The Morgan fingerprint density at radius 1 is 1.35 bits per heavy atom. The van der Waals surface area contributed by atoms with Gasteiger partial charge in [-0.25, -0.2) is 0 Å². The van der Waals surface area contributed by atoms with E-state index in [1.165, 1.54) is 0 Å². The van der Waals surface area contributed by atoms with Crippen molar-refractivity contribution in [2.24, 2.45) is 5.92 Å². The second kappa shape index (κ2) is 6.03. The molecule has 0 saturated carbocycles. The number of ether oxygens (including phenoxy) is 2. The molecule has 3 heteroatoms. The molecule has 1 fully saturated rings. The van der Waals surface area contributed by atoms with E-state index in [9.17, 15) is 5.11 Å². The van der Waals surface area contributed by atoms with Crippen molar-refractivity contribution >= 4 is 0 Å². The summed E-state index contributed by atoms with van der Waals surface area (Å²) in [5.74, 6) is 1.41. The molecule has 0 radical (unpaired) electrons. The number of aliphatic hydroxyl groups excluding tert-OH is 1. The van der Waals surface area contributed by atoms with Gasteiger partial charge < -0.3 is 14.6 Å². The van der Waals surface area contributed by atoms with Crippen molar-refractivity contribution < 1.29 is 14.6 Å². The Bertz CT molecular complexity index is 330. The normalized spacial score (nSPS) is 17.5. The quantitative estimate of drug-likeness (QED) is 0.825. The zero-order valence-electron chi connectivity index (χ0n) is 10.3. The fraction of sp³-hybridized carbons (Fsp3) is 0.571. The SMILES string of the molecule is CCCC(O)c1ccc(OCC2COC2)cc1. The van der Waals surface area contributed by atoms with E-state index in [2.05, 4.69) is 6.92 Å². The molecule has 1 saturated heterocycles.